The van der Waals surface area contributed by atoms with Crippen LogP contribution in [0.4, 0.5) is 0 Å². The Labute approximate surface area is 119 Å². The van der Waals surface area contributed by atoms with Crippen molar-refractivity contribution < 1.29 is 14.3 Å². The molecule has 0 saturated carbocycles. The van der Waals surface area contributed by atoms with Crippen molar-refractivity contribution in [2.45, 2.75) is 20.3 Å². The summed E-state index contributed by atoms with van der Waals surface area (Å²) in [7, 11) is 0. The predicted molar refractivity (Wildman–Crippen MR) is 74.8 cm³/mol. The van der Waals surface area contributed by atoms with E-state index >= 15 is 0 Å². The summed E-state index contributed by atoms with van der Waals surface area (Å²) in [5.74, 6) is -0.500. The Hall–Kier alpha value is -0.880. The second-order valence-electron chi connectivity index (χ2n) is 3.67. The van der Waals surface area contributed by atoms with Crippen molar-refractivity contribution in [1.82, 2.24) is 4.90 Å². The van der Waals surface area contributed by atoms with Crippen molar-refractivity contribution in [2.75, 3.05) is 19.7 Å². The summed E-state index contributed by atoms with van der Waals surface area (Å²) in [5.41, 5.74) is 0.602. The first-order valence-electron chi connectivity index (χ1n) is 5.77. The molecule has 0 N–H and O–H groups in total. The number of rotatable bonds is 6. The van der Waals surface area contributed by atoms with Gasteiger partial charge in [0.2, 0.25) is 0 Å². The van der Waals surface area contributed by atoms with Crippen LogP contribution in [0.5, 0.6) is 0 Å². The highest BCUT2D eigenvalue weighted by atomic mass is 79.9. The standard InChI is InChI=1S/C12H16BrNO3S/c1-3-5-14(7-11(15)17-4-2)12(16)9-6-10(13)18-8-9/h6,8H,3-5,7H2,1-2H3. The molecule has 100 valence electrons. The number of esters is 1. The number of carbonyl (C=O) groups is 2. The van der Waals surface area contributed by atoms with Crippen molar-refractivity contribution in [1.29, 1.82) is 0 Å². The highest BCUT2D eigenvalue weighted by Crippen LogP contribution is 2.21. The van der Waals surface area contributed by atoms with E-state index in [1.165, 1.54) is 16.2 Å². The van der Waals surface area contributed by atoms with E-state index in [1.54, 1.807) is 18.4 Å². The number of hydrogen-bond donors (Lipinski definition) is 0. The molecule has 1 rings (SSSR count). The predicted octanol–water partition coefficient (Wildman–Crippen LogP) is 2.93. The third kappa shape index (κ3) is 4.42. The number of halogens is 1. The Morgan fingerprint density at radius 3 is 2.67 bits per heavy atom. The van der Waals surface area contributed by atoms with Crippen LogP contribution in [0.2, 0.25) is 0 Å². The Balaban J connectivity index is 2.71. The molecule has 18 heavy (non-hydrogen) atoms. The van der Waals surface area contributed by atoms with Gasteiger partial charge in [0.25, 0.3) is 5.91 Å². The van der Waals surface area contributed by atoms with E-state index in [2.05, 4.69) is 15.9 Å². The minimum Gasteiger partial charge on any atom is -0.465 e. The van der Waals surface area contributed by atoms with Gasteiger partial charge in [0.05, 0.1) is 16.0 Å². The summed E-state index contributed by atoms with van der Waals surface area (Å²) in [4.78, 5) is 25.2. The summed E-state index contributed by atoms with van der Waals surface area (Å²) < 4.78 is 5.77. The third-order valence-electron chi connectivity index (χ3n) is 2.22. The lowest BCUT2D eigenvalue weighted by Crippen LogP contribution is -2.36. The first-order valence-corrected chi connectivity index (χ1v) is 7.44. The zero-order valence-electron chi connectivity index (χ0n) is 10.4. The van der Waals surface area contributed by atoms with Gasteiger partial charge in [0.1, 0.15) is 6.54 Å². The topological polar surface area (TPSA) is 46.6 Å². The molecule has 1 heterocycles. The van der Waals surface area contributed by atoms with Crippen LogP contribution in [0, 0.1) is 0 Å². The fourth-order valence-corrected chi connectivity index (χ4v) is 2.62. The summed E-state index contributed by atoms with van der Waals surface area (Å²) in [6.07, 6.45) is 0.802. The van der Waals surface area contributed by atoms with Gasteiger partial charge in [-0.1, -0.05) is 6.92 Å². The molecule has 1 aromatic heterocycles. The van der Waals surface area contributed by atoms with Crippen LogP contribution in [0.3, 0.4) is 0 Å². The molecule has 0 saturated heterocycles. The molecule has 1 amide bonds. The molecular weight excluding hydrogens is 318 g/mol. The Morgan fingerprint density at radius 1 is 1.44 bits per heavy atom. The first-order chi connectivity index (χ1) is 8.58. The van der Waals surface area contributed by atoms with Gasteiger partial charge in [-0.25, -0.2) is 0 Å². The Kier molecular flexibility index (Phi) is 6.35. The van der Waals surface area contributed by atoms with Gasteiger partial charge >= 0.3 is 5.97 Å². The number of thiophene rings is 1. The average Bonchev–Trinajstić information content (AvgIpc) is 2.75. The first kappa shape index (κ1) is 15.2. The van der Waals surface area contributed by atoms with Crippen LogP contribution in [0.1, 0.15) is 30.6 Å². The average molecular weight is 334 g/mol. The molecule has 0 fully saturated rings. The summed E-state index contributed by atoms with van der Waals surface area (Å²) in [6, 6.07) is 1.76. The second kappa shape index (κ2) is 7.53. The second-order valence-corrected chi connectivity index (χ2v) is 5.96. The molecule has 0 aromatic carbocycles. The van der Waals surface area contributed by atoms with Crippen LogP contribution in [0.25, 0.3) is 0 Å². The van der Waals surface area contributed by atoms with E-state index in [-0.39, 0.29) is 18.4 Å². The number of ether oxygens (including phenoxy) is 1. The smallest absolute Gasteiger partial charge is 0.325 e. The van der Waals surface area contributed by atoms with Crippen molar-refractivity contribution in [3.05, 3.63) is 20.8 Å². The maximum atomic E-state index is 12.2. The molecule has 0 unspecified atom stereocenters. The minimum absolute atomic E-state index is 0.00792. The SMILES string of the molecule is CCCN(CC(=O)OCC)C(=O)c1csc(Br)c1. The monoisotopic (exact) mass is 333 g/mol. The van der Waals surface area contributed by atoms with Crippen LogP contribution < -0.4 is 0 Å². The van der Waals surface area contributed by atoms with Gasteiger partial charge in [-0.3, -0.25) is 9.59 Å². The van der Waals surface area contributed by atoms with E-state index in [4.69, 9.17) is 4.74 Å². The number of amides is 1. The van der Waals surface area contributed by atoms with Gasteiger partial charge in [0.15, 0.2) is 0 Å². The van der Waals surface area contributed by atoms with Gasteiger partial charge < -0.3 is 9.64 Å². The van der Waals surface area contributed by atoms with E-state index in [0.717, 1.165) is 10.2 Å². The van der Waals surface area contributed by atoms with Gasteiger partial charge in [-0.15, -0.1) is 11.3 Å². The van der Waals surface area contributed by atoms with Crippen LogP contribution in [0.15, 0.2) is 15.2 Å². The highest BCUT2D eigenvalue weighted by molar-refractivity contribution is 9.11. The summed E-state index contributed by atoms with van der Waals surface area (Å²) >= 11 is 4.77. The fraction of sp³-hybridized carbons (Fsp3) is 0.500. The Bertz CT molecular complexity index is 419. The molecule has 0 atom stereocenters. The molecule has 0 aliphatic heterocycles. The minimum atomic E-state index is -0.367. The molecule has 1 aromatic rings. The lowest BCUT2D eigenvalue weighted by molar-refractivity contribution is -0.143. The van der Waals surface area contributed by atoms with E-state index in [9.17, 15) is 9.59 Å². The van der Waals surface area contributed by atoms with Crippen molar-refractivity contribution in [3.63, 3.8) is 0 Å². The highest BCUT2D eigenvalue weighted by Gasteiger charge is 2.19. The fourth-order valence-electron chi connectivity index (χ4n) is 1.49. The van der Waals surface area contributed by atoms with Gasteiger partial charge in [0, 0.05) is 11.9 Å². The zero-order valence-corrected chi connectivity index (χ0v) is 12.8. The van der Waals surface area contributed by atoms with E-state index < -0.39 is 0 Å². The molecule has 6 heteroatoms. The molecular formula is C12H16BrNO3S. The lowest BCUT2D eigenvalue weighted by Gasteiger charge is -2.20. The number of carbonyl (C=O) groups excluding carboxylic acids is 2. The molecule has 0 spiro atoms. The van der Waals surface area contributed by atoms with Crippen LogP contribution in [-0.2, 0) is 9.53 Å². The normalized spacial score (nSPS) is 10.2. The molecule has 0 radical (unpaired) electrons. The number of nitrogens with zero attached hydrogens (tertiary/aromatic N) is 1. The van der Waals surface area contributed by atoms with E-state index in [0.29, 0.717) is 18.7 Å². The van der Waals surface area contributed by atoms with Crippen LogP contribution >= 0.6 is 27.3 Å². The lowest BCUT2D eigenvalue weighted by atomic mass is 10.2. The summed E-state index contributed by atoms with van der Waals surface area (Å²) in [6.45, 7) is 4.60. The Morgan fingerprint density at radius 2 is 2.17 bits per heavy atom. The van der Waals surface area contributed by atoms with E-state index in [1.807, 2.05) is 6.92 Å². The molecule has 4 nitrogen and oxygen atoms in total. The molecule has 0 aliphatic rings. The van der Waals surface area contributed by atoms with Crippen LogP contribution in [-0.4, -0.2) is 36.5 Å². The van der Waals surface area contributed by atoms with Crippen molar-refractivity contribution in [3.8, 4) is 0 Å². The summed E-state index contributed by atoms with van der Waals surface area (Å²) in [5, 5.41) is 1.78. The number of hydrogen-bond acceptors (Lipinski definition) is 4. The largest absolute Gasteiger partial charge is 0.465 e. The maximum absolute atomic E-state index is 12.2. The van der Waals surface area contributed by atoms with Gasteiger partial charge in [-0.05, 0) is 35.3 Å². The quantitative estimate of drug-likeness (QED) is 0.752. The third-order valence-corrected chi connectivity index (χ3v) is 3.72. The molecule has 0 aliphatic carbocycles. The molecule has 0 bridgehead atoms. The zero-order chi connectivity index (χ0) is 13.5. The van der Waals surface area contributed by atoms with Gasteiger partial charge in [-0.2, -0.15) is 0 Å². The maximum Gasteiger partial charge on any atom is 0.325 e. The van der Waals surface area contributed by atoms with Crippen molar-refractivity contribution >= 4 is 39.1 Å². The van der Waals surface area contributed by atoms with Crippen molar-refractivity contribution in [2.24, 2.45) is 0 Å².